The summed E-state index contributed by atoms with van der Waals surface area (Å²) in [5.74, 6) is -1.51. The second kappa shape index (κ2) is 5.30. The van der Waals surface area contributed by atoms with Gasteiger partial charge in [-0.1, -0.05) is 6.07 Å². The highest BCUT2D eigenvalue weighted by molar-refractivity contribution is 5.99. The second-order valence-electron chi connectivity index (χ2n) is 4.71. The fourth-order valence-electron chi connectivity index (χ4n) is 1.99. The number of aryl methyl sites for hydroxylation is 1. The van der Waals surface area contributed by atoms with Crippen molar-refractivity contribution in [1.82, 2.24) is 0 Å². The molecule has 1 aliphatic carbocycles. The van der Waals surface area contributed by atoms with Crippen molar-refractivity contribution in [3.63, 3.8) is 0 Å². The average molecular weight is 263 g/mol. The lowest BCUT2D eigenvalue weighted by molar-refractivity contribution is -0.139. The van der Waals surface area contributed by atoms with Crippen molar-refractivity contribution in [3.8, 4) is 5.75 Å². The standard InChI is InChI=1S/C14H17NO4/c1-3-19-12-6-8(2)4-5-11(12)15-13(16)9-7-10(9)14(17)18/h4-6,9-10H,3,7H2,1-2H3,(H,15,16)(H,17,18)/t9-,10+/m1/s1. The number of aliphatic carboxylic acids is 1. The lowest BCUT2D eigenvalue weighted by atomic mass is 10.2. The number of hydrogen-bond acceptors (Lipinski definition) is 3. The van der Waals surface area contributed by atoms with Gasteiger partial charge in [-0.15, -0.1) is 0 Å². The molecular weight excluding hydrogens is 246 g/mol. The molecule has 0 spiro atoms. The highest BCUT2D eigenvalue weighted by Gasteiger charge is 2.48. The van der Waals surface area contributed by atoms with E-state index in [4.69, 9.17) is 9.84 Å². The minimum atomic E-state index is -0.908. The molecule has 0 aliphatic heterocycles. The van der Waals surface area contributed by atoms with Crippen molar-refractivity contribution in [2.45, 2.75) is 20.3 Å². The van der Waals surface area contributed by atoms with Gasteiger partial charge in [0.05, 0.1) is 24.1 Å². The fraction of sp³-hybridized carbons (Fsp3) is 0.429. The van der Waals surface area contributed by atoms with Crippen LogP contribution < -0.4 is 10.1 Å². The number of carbonyl (C=O) groups excluding carboxylic acids is 1. The number of benzene rings is 1. The monoisotopic (exact) mass is 263 g/mol. The molecule has 0 unspecified atom stereocenters. The van der Waals surface area contributed by atoms with Gasteiger partial charge >= 0.3 is 5.97 Å². The van der Waals surface area contributed by atoms with Crippen molar-refractivity contribution in [2.24, 2.45) is 11.8 Å². The number of hydrogen-bond donors (Lipinski definition) is 2. The Kier molecular flexibility index (Phi) is 3.74. The molecule has 0 radical (unpaired) electrons. The molecule has 1 amide bonds. The SMILES string of the molecule is CCOc1cc(C)ccc1NC(=O)[C@@H]1C[C@@H]1C(=O)O. The molecule has 5 nitrogen and oxygen atoms in total. The van der Waals surface area contributed by atoms with E-state index in [0.717, 1.165) is 5.56 Å². The first-order chi connectivity index (χ1) is 9.02. The Balaban J connectivity index is 2.07. The summed E-state index contributed by atoms with van der Waals surface area (Å²) in [7, 11) is 0. The molecule has 5 heteroatoms. The first kappa shape index (κ1) is 13.4. The van der Waals surface area contributed by atoms with E-state index in [2.05, 4.69) is 5.32 Å². The van der Waals surface area contributed by atoms with E-state index < -0.39 is 17.8 Å². The number of rotatable bonds is 5. The minimum absolute atomic E-state index is 0.253. The van der Waals surface area contributed by atoms with Crippen LogP contribution >= 0.6 is 0 Å². The number of ether oxygens (including phenoxy) is 1. The van der Waals surface area contributed by atoms with Crippen LogP contribution in [-0.4, -0.2) is 23.6 Å². The van der Waals surface area contributed by atoms with Gasteiger partial charge in [0.15, 0.2) is 0 Å². The van der Waals surface area contributed by atoms with Crippen molar-refractivity contribution in [2.75, 3.05) is 11.9 Å². The fourth-order valence-corrected chi connectivity index (χ4v) is 1.99. The van der Waals surface area contributed by atoms with Gasteiger partial charge in [-0.25, -0.2) is 0 Å². The van der Waals surface area contributed by atoms with Crippen LogP contribution in [-0.2, 0) is 9.59 Å². The number of amides is 1. The first-order valence-corrected chi connectivity index (χ1v) is 6.30. The lowest BCUT2D eigenvalue weighted by Crippen LogP contribution is -2.17. The Morgan fingerprint density at radius 3 is 2.74 bits per heavy atom. The zero-order chi connectivity index (χ0) is 14.0. The van der Waals surface area contributed by atoms with Gasteiger partial charge in [-0.2, -0.15) is 0 Å². The number of nitrogens with one attached hydrogen (secondary N) is 1. The number of carboxylic acids is 1. The topological polar surface area (TPSA) is 75.6 Å². The van der Waals surface area contributed by atoms with E-state index in [0.29, 0.717) is 24.5 Å². The van der Waals surface area contributed by atoms with Crippen LogP contribution in [0, 0.1) is 18.8 Å². The highest BCUT2D eigenvalue weighted by Crippen LogP contribution is 2.40. The predicted molar refractivity (Wildman–Crippen MR) is 70.2 cm³/mol. The maximum absolute atomic E-state index is 11.9. The smallest absolute Gasteiger partial charge is 0.307 e. The van der Waals surface area contributed by atoms with Crippen LogP contribution in [0.3, 0.4) is 0 Å². The van der Waals surface area contributed by atoms with Gasteiger partial charge in [-0.3, -0.25) is 9.59 Å². The van der Waals surface area contributed by atoms with Gasteiger partial charge < -0.3 is 15.2 Å². The van der Waals surface area contributed by atoms with Crippen LogP contribution in [0.2, 0.25) is 0 Å². The molecular formula is C14H17NO4. The summed E-state index contributed by atoms with van der Waals surface area (Å²) in [5, 5.41) is 11.6. The number of carbonyl (C=O) groups is 2. The van der Waals surface area contributed by atoms with Crippen molar-refractivity contribution in [3.05, 3.63) is 23.8 Å². The highest BCUT2D eigenvalue weighted by atomic mass is 16.5. The average Bonchev–Trinajstić information content (AvgIpc) is 3.13. The second-order valence-corrected chi connectivity index (χ2v) is 4.71. The van der Waals surface area contributed by atoms with E-state index in [-0.39, 0.29) is 5.91 Å². The Morgan fingerprint density at radius 2 is 2.16 bits per heavy atom. The van der Waals surface area contributed by atoms with Crippen molar-refractivity contribution < 1.29 is 19.4 Å². The molecule has 1 aromatic rings. The van der Waals surface area contributed by atoms with Gasteiger partial charge in [0, 0.05) is 0 Å². The summed E-state index contributed by atoms with van der Waals surface area (Å²) in [6, 6.07) is 5.50. The molecule has 1 fully saturated rings. The molecule has 1 saturated carbocycles. The summed E-state index contributed by atoms with van der Waals surface area (Å²) in [6.07, 6.45) is 0.414. The third-order valence-electron chi connectivity index (χ3n) is 3.14. The first-order valence-electron chi connectivity index (χ1n) is 6.30. The van der Waals surface area contributed by atoms with Crippen LogP contribution in [0.15, 0.2) is 18.2 Å². The molecule has 2 N–H and O–H groups in total. The molecule has 2 rings (SSSR count). The third-order valence-corrected chi connectivity index (χ3v) is 3.14. The van der Waals surface area contributed by atoms with Crippen LogP contribution in [0.5, 0.6) is 5.75 Å². The lowest BCUT2D eigenvalue weighted by Gasteiger charge is -2.12. The van der Waals surface area contributed by atoms with Gasteiger partial charge in [0.1, 0.15) is 5.75 Å². The van der Waals surface area contributed by atoms with Crippen molar-refractivity contribution >= 4 is 17.6 Å². The molecule has 2 atom stereocenters. The molecule has 1 aliphatic rings. The molecule has 102 valence electrons. The summed E-state index contributed by atoms with van der Waals surface area (Å²) in [6.45, 7) is 4.32. The molecule has 1 aromatic carbocycles. The van der Waals surface area contributed by atoms with E-state index in [9.17, 15) is 9.59 Å². The van der Waals surface area contributed by atoms with E-state index in [1.165, 1.54) is 0 Å². The van der Waals surface area contributed by atoms with Gasteiger partial charge in [0.2, 0.25) is 5.91 Å². The largest absolute Gasteiger partial charge is 0.492 e. The Morgan fingerprint density at radius 1 is 1.42 bits per heavy atom. The zero-order valence-electron chi connectivity index (χ0n) is 11.0. The summed E-state index contributed by atoms with van der Waals surface area (Å²) >= 11 is 0. The van der Waals surface area contributed by atoms with Gasteiger partial charge in [-0.05, 0) is 38.0 Å². The van der Waals surface area contributed by atoms with Crippen molar-refractivity contribution in [1.29, 1.82) is 0 Å². The molecule has 19 heavy (non-hydrogen) atoms. The van der Waals surface area contributed by atoms with E-state index in [1.54, 1.807) is 6.07 Å². The van der Waals surface area contributed by atoms with Crippen LogP contribution in [0.25, 0.3) is 0 Å². The molecule has 0 bridgehead atoms. The Hall–Kier alpha value is -2.04. The zero-order valence-corrected chi connectivity index (χ0v) is 11.0. The van der Waals surface area contributed by atoms with E-state index in [1.807, 2.05) is 26.0 Å². The maximum Gasteiger partial charge on any atom is 0.307 e. The van der Waals surface area contributed by atoms with Crippen LogP contribution in [0.1, 0.15) is 18.9 Å². The summed E-state index contributed by atoms with van der Waals surface area (Å²) in [4.78, 5) is 22.6. The van der Waals surface area contributed by atoms with Crippen LogP contribution in [0.4, 0.5) is 5.69 Å². The summed E-state index contributed by atoms with van der Waals surface area (Å²) < 4.78 is 5.46. The van der Waals surface area contributed by atoms with E-state index >= 15 is 0 Å². The predicted octanol–water partition coefficient (Wildman–Crippen LogP) is 2.05. The molecule has 0 aromatic heterocycles. The maximum atomic E-state index is 11.9. The Bertz CT molecular complexity index is 512. The van der Waals surface area contributed by atoms with Gasteiger partial charge in [0.25, 0.3) is 0 Å². The normalized spacial score (nSPS) is 20.7. The number of carboxylic acid groups (broad SMARTS) is 1. The minimum Gasteiger partial charge on any atom is -0.492 e. The quantitative estimate of drug-likeness (QED) is 0.852. The Labute approximate surface area is 111 Å². The molecule has 0 saturated heterocycles. The third kappa shape index (κ3) is 3.05. The number of anilines is 1. The molecule has 0 heterocycles. The summed E-state index contributed by atoms with van der Waals surface area (Å²) in [5.41, 5.74) is 1.63.